The van der Waals surface area contributed by atoms with Crippen LogP contribution in [0.2, 0.25) is 0 Å². The summed E-state index contributed by atoms with van der Waals surface area (Å²) in [6.07, 6.45) is 0.446. The second-order valence-electron chi connectivity index (χ2n) is 6.39. The molecule has 7 nitrogen and oxygen atoms in total. The lowest BCUT2D eigenvalue weighted by molar-refractivity contribution is -0.130. The first-order valence-corrected chi connectivity index (χ1v) is 10.1. The van der Waals surface area contributed by atoms with Gasteiger partial charge >= 0.3 is 0 Å². The normalized spacial score (nSPS) is 11.2. The van der Waals surface area contributed by atoms with Crippen molar-refractivity contribution in [1.29, 1.82) is 0 Å². The highest BCUT2D eigenvalue weighted by atomic mass is 16.5. The monoisotopic (exact) mass is 392 g/mol. The van der Waals surface area contributed by atoms with Crippen molar-refractivity contribution in [1.82, 2.24) is 15.5 Å². The molecule has 0 unspecified atom stereocenters. The number of carbonyl (C=O) groups excluding carboxylic acids is 1. The van der Waals surface area contributed by atoms with Crippen LogP contribution in [0.15, 0.2) is 23.2 Å². The lowest BCUT2D eigenvalue weighted by atomic mass is 10.1. The number of nitrogens with one attached hydrogen (secondary N) is 2. The van der Waals surface area contributed by atoms with Gasteiger partial charge in [0.25, 0.3) is 0 Å². The number of guanidine groups is 1. The zero-order chi connectivity index (χ0) is 20.8. The fourth-order valence-electron chi connectivity index (χ4n) is 2.69. The highest BCUT2D eigenvalue weighted by Crippen LogP contribution is 2.21. The Balaban J connectivity index is 2.69. The molecule has 0 bridgehead atoms. The third kappa shape index (κ3) is 8.61. The molecule has 0 aliphatic rings. The predicted molar refractivity (Wildman–Crippen MR) is 114 cm³/mol. The topological polar surface area (TPSA) is 75.2 Å². The molecule has 7 heteroatoms. The number of hydrogen-bond acceptors (Lipinski definition) is 4. The summed E-state index contributed by atoms with van der Waals surface area (Å²) in [5.41, 5.74) is 2.15. The molecule has 0 spiro atoms. The summed E-state index contributed by atoms with van der Waals surface area (Å²) < 4.78 is 10.9. The fourth-order valence-corrected chi connectivity index (χ4v) is 2.69. The smallest absolute Gasteiger partial charge is 0.224 e. The Morgan fingerprint density at radius 1 is 1.14 bits per heavy atom. The molecule has 1 amide bonds. The van der Waals surface area contributed by atoms with Crippen LogP contribution in [-0.4, -0.2) is 63.3 Å². The lowest BCUT2D eigenvalue weighted by Gasteiger charge is -2.19. The van der Waals surface area contributed by atoms with Crippen LogP contribution < -0.4 is 15.4 Å². The number of amides is 1. The molecule has 0 atom stereocenters. The highest BCUT2D eigenvalue weighted by Gasteiger charge is 2.09. The van der Waals surface area contributed by atoms with Crippen LogP contribution in [0.3, 0.4) is 0 Å². The van der Waals surface area contributed by atoms with E-state index in [9.17, 15) is 4.79 Å². The minimum absolute atomic E-state index is 0.153. The second-order valence-corrected chi connectivity index (χ2v) is 6.39. The number of hydrogen-bond donors (Lipinski definition) is 2. The second kappa shape index (κ2) is 13.8. The van der Waals surface area contributed by atoms with Crippen LogP contribution in [0.25, 0.3) is 0 Å². The van der Waals surface area contributed by atoms with Crippen LogP contribution in [0, 0.1) is 6.92 Å². The summed E-state index contributed by atoms with van der Waals surface area (Å²) in [6.45, 7) is 12.4. The Kier molecular flexibility index (Phi) is 11.7. The molecule has 0 saturated heterocycles. The van der Waals surface area contributed by atoms with Crippen LogP contribution in [0.1, 0.15) is 38.3 Å². The Hall–Kier alpha value is -2.28. The van der Waals surface area contributed by atoms with E-state index in [-0.39, 0.29) is 5.91 Å². The van der Waals surface area contributed by atoms with Gasteiger partial charge in [-0.05, 0) is 39.3 Å². The average molecular weight is 393 g/mol. The van der Waals surface area contributed by atoms with E-state index in [1.54, 1.807) is 7.11 Å². The van der Waals surface area contributed by atoms with Gasteiger partial charge in [0, 0.05) is 45.3 Å². The van der Waals surface area contributed by atoms with Gasteiger partial charge < -0.3 is 25.0 Å². The van der Waals surface area contributed by atoms with Crippen molar-refractivity contribution in [3.8, 4) is 5.75 Å². The van der Waals surface area contributed by atoms with E-state index in [0.29, 0.717) is 38.7 Å². The van der Waals surface area contributed by atoms with E-state index in [0.717, 1.165) is 36.5 Å². The van der Waals surface area contributed by atoms with Gasteiger partial charge in [-0.25, -0.2) is 4.99 Å². The fraction of sp³-hybridized carbons (Fsp3) is 0.619. The molecule has 0 aliphatic carbocycles. The molecule has 0 heterocycles. The number of carbonyl (C=O) groups is 1. The van der Waals surface area contributed by atoms with E-state index < -0.39 is 0 Å². The molecule has 158 valence electrons. The number of benzene rings is 1. The number of aryl methyl sites for hydroxylation is 1. The van der Waals surface area contributed by atoms with Gasteiger partial charge in [0.05, 0.1) is 13.2 Å². The van der Waals surface area contributed by atoms with Crippen molar-refractivity contribution < 1.29 is 14.3 Å². The number of ether oxygens (including phenoxy) is 2. The maximum absolute atomic E-state index is 12.1. The van der Waals surface area contributed by atoms with Crippen LogP contribution in [-0.2, 0) is 16.1 Å². The van der Waals surface area contributed by atoms with Crippen molar-refractivity contribution in [2.75, 3.05) is 46.5 Å². The molecule has 1 aromatic rings. The van der Waals surface area contributed by atoms with Crippen molar-refractivity contribution in [2.45, 2.75) is 40.7 Å². The van der Waals surface area contributed by atoms with Gasteiger partial charge in [0.15, 0.2) is 5.96 Å². The number of methoxy groups -OCH3 is 1. The minimum Gasteiger partial charge on any atom is -0.491 e. The molecule has 0 aliphatic heterocycles. The van der Waals surface area contributed by atoms with Crippen LogP contribution in [0.5, 0.6) is 5.75 Å². The maximum atomic E-state index is 12.1. The maximum Gasteiger partial charge on any atom is 0.224 e. The summed E-state index contributed by atoms with van der Waals surface area (Å²) in [7, 11) is 1.66. The standard InChI is InChI=1S/C21H36N4O3/c1-6-22-21(23-12-11-20(26)25(7-2)8-3)24-16-18-10-9-17(4)15-19(18)28-14-13-27-5/h9-10,15H,6-8,11-14,16H2,1-5H3,(H2,22,23,24). The van der Waals surface area contributed by atoms with Gasteiger partial charge in [-0.1, -0.05) is 12.1 Å². The molecule has 28 heavy (non-hydrogen) atoms. The van der Waals surface area contributed by atoms with Crippen molar-refractivity contribution in [3.05, 3.63) is 29.3 Å². The van der Waals surface area contributed by atoms with Crippen molar-refractivity contribution in [2.24, 2.45) is 4.99 Å². The molecule has 0 saturated carbocycles. The average Bonchev–Trinajstić information content (AvgIpc) is 2.68. The molecule has 0 radical (unpaired) electrons. The lowest BCUT2D eigenvalue weighted by Crippen LogP contribution is -2.40. The predicted octanol–water partition coefficient (Wildman–Crippen LogP) is 2.33. The summed E-state index contributed by atoms with van der Waals surface area (Å²) >= 11 is 0. The van der Waals surface area contributed by atoms with E-state index in [1.165, 1.54) is 0 Å². The zero-order valence-corrected chi connectivity index (χ0v) is 18.0. The number of rotatable bonds is 12. The third-order valence-electron chi connectivity index (χ3n) is 4.27. The van der Waals surface area contributed by atoms with E-state index in [1.807, 2.05) is 44.7 Å². The molecular formula is C21H36N4O3. The zero-order valence-electron chi connectivity index (χ0n) is 18.0. The summed E-state index contributed by atoms with van der Waals surface area (Å²) in [6, 6.07) is 6.11. The third-order valence-corrected chi connectivity index (χ3v) is 4.27. The molecule has 2 N–H and O–H groups in total. The SMILES string of the molecule is CCNC(=NCc1ccc(C)cc1OCCOC)NCCC(=O)N(CC)CC. The molecule has 1 rings (SSSR count). The summed E-state index contributed by atoms with van der Waals surface area (Å²) in [4.78, 5) is 18.6. The van der Waals surface area contributed by atoms with E-state index in [2.05, 4.69) is 21.7 Å². The Morgan fingerprint density at radius 3 is 2.54 bits per heavy atom. The van der Waals surface area contributed by atoms with Gasteiger partial charge in [0.1, 0.15) is 12.4 Å². The summed E-state index contributed by atoms with van der Waals surface area (Å²) in [5.74, 6) is 1.67. The Labute approximate surface area is 169 Å². The molecule has 0 fully saturated rings. The van der Waals surface area contributed by atoms with Gasteiger partial charge in [0.2, 0.25) is 5.91 Å². The van der Waals surface area contributed by atoms with Gasteiger partial charge in [-0.3, -0.25) is 4.79 Å². The van der Waals surface area contributed by atoms with Crippen LogP contribution in [0.4, 0.5) is 0 Å². The Morgan fingerprint density at radius 2 is 1.89 bits per heavy atom. The summed E-state index contributed by atoms with van der Waals surface area (Å²) in [5, 5.41) is 6.46. The highest BCUT2D eigenvalue weighted by molar-refractivity contribution is 5.81. The largest absolute Gasteiger partial charge is 0.491 e. The first-order chi connectivity index (χ1) is 13.5. The van der Waals surface area contributed by atoms with Crippen molar-refractivity contribution in [3.63, 3.8) is 0 Å². The molecule has 1 aromatic carbocycles. The molecule has 0 aromatic heterocycles. The number of aliphatic imine (C=N–C) groups is 1. The van der Waals surface area contributed by atoms with Gasteiger partial charge in [-0.2, -0.15) is 0 Å². The first-order valence-electron chi connectivity index (χ1n) is 10.1. The minimum atomic E-state index is 0.153. The quantitative estimate of drug-likeness (QED) is 0.324. The van der Waals surface area contributed by atoms with Crippen LogP contribution >= 0.6 is 0 Å². The molecular weight excluding hydrogens is 356 g/mol. The van der Waals surface area contributed by atoms with E-state index in [4.69, 9.17) is 9.47 Å². The van der Waals surface area contributed by atoms with Gasteiger partial charge in [-0.15, -0.1) is 0 Å². The Bertz CT molecular complexity index is 616. The van der Waals surface area contributed by atoms with Crippen molar-refractivity contribution >= 4 is 11.9 Å². The van der Waals surface area contributed by atoms with E-state index >= 15 is 0 Å². The first kappa shape index (κ1) is 23.8. The number of nitrogens with zero attached hydrogens (tertiary/aromatic N) is 2.